The molecule has 0 aliphatic heterocycles. The summed E-state index contributed by atoms with van der Waals surface area (Å²) >= 11 is 21.1. The summed E-state index contributed by atoms with van der Waals surface area (Å²) in [7, 11) is 1.21. The Hall–Kier alpha value is -2.68. The van der Waals surface area contributed by atoms with E-state index in [1.807, 2.05) is 0 Å². The molecule has 0 saturated heterocycles. The molecule has 10 heteroatoms. The number of ether oxygens (including phenoxy) is 2. The number of aliphatic hydroxyl groups is 1. The van der Waals surface area contributed by atoms with Gasteiger partial charge < -0.3 is 14.6 Å². The average molecular weight is 633 g/mol. The Balaban J connectivity index is 1.18. The van der Waals surface area contributed by atoms with Gasteiger partial charge in [-0.1, -0.05) is 53.0 Å². The zero-order valence-corrected chi connectivity index (χ0v) is 25.0. The van der Waals surface area contributed by atoms with Crippen LogP contribution in [-0.2, 0) is 16.9 Å². The molecule has 2 aliphatic rings. The van der Waals surface area contributed by atoms with Crippen molar-refractivity contribution in [2.75, 3.05) is 7.11 Å². The maximum atomic E-state index is 14.1. The van der Waals surface area contributed by atoms with Gasteiger partial charge in [-0.05, 0) is 91.0 Å². The summed E-state index contributed by atoms with van der Waals surface area (Å²) in [6, 6.07) is 15.0. The molecular weight excluding hydrogens is 608 g/mol. The molecule has 41 heavy (non-hydrogen) atoms. The molecule has 3 aromatic carbocycles. The van der Waals surface area contributed by atoms with Gasteiger partial charge in [0.05, 0.1) is 39.0 Å². The molecule has 2 saturated carbocycles. The molecule has 0 amide bonds. The molecular formula is C31H25Cl3FNO4S. The lowest BCUT2D eigenvalue weighted by atomic mass is 9.65. The molecule has 2 fully saturated rings. The Morgan fingerprint density at radius 2 is 1.78 bits per heavy atom. The molecule has 6 rings (SSSR count). The lowest BCUT2D eigenvalue weighted by Crippen LogP contribution is -2.40. The maximum absolute atomic E-state index is 14.1. The van der Waals surface area contributed by atoms with Gasteiger partial charge in [0.1, 0.15) is 18.2 Å². The predicted octanol–water partition coefficient (Wildman–Crippen LogP) is 8.92. The smallest absolute Gasteiger partial charge is 0.340 e. The highest BCUT2D eigenvalue weighted by Crippen LogP contribution is 2.53. The van der Waals surface area contributed by atoms with Crippen molar-refractivity contribution in [3.63, 3.8) is 0 Å². The minimum absolute atomic E-state index is 0.0574. The summed E-state index contributed by atoms with van der Waals surface area (Å²) in [5.41, 5.74) is 2.50. The van der Waals surface area contributed by atoms with Crippen molar-refractivity contribution >= 4 is 52.3 Å². The molecule has 212 valence electrons. The Labute approximate surface area is 255 Å². The van der Waals surface area contributed by atoms with Crippen molar-refractivity contribution in [2.45, 2.75) is 49.7 Å². The largest absolute Gasteiger partial charge is 0.489 e. The third-order valence-electron chi connectivity index (χ3n) is 7.83. The first-order valence-corrected chi connectivity index (χ1v) is 15.0. The van der Waals surface area contributed by atoms with Gasteiger partial charge >= 0.3 is 5.97 Å². The van der Waals surface area contributed by atoms with E-state index in [0.717, 1.165) is 29.7 Å². The van der Waals surface area contributed by atoms with E-state index in [1.54, 1.807) is 42.5 Å². The number of esters is 1. The molecule has 0 radical (unpaired) electrons. The Morgan fingerprint density at radius 3 is 2.44 bits per heavy atom. The highest BCUT2D eigenvalue weighted by atomic mass is 35.5. The number of rotatable bonds is 8. The average Bonchev–Trinajstić information content (AvgIpc) is 3.70. The highest BCUT2D eigenvalue weighted by molar-refractivity contribution is 7.06. The predicted molar refractivity (Wildman–Crippen MR) is 159 cm³/mol. The van der Waals surface area contributed by atoms with Gasteiger partial charge in [0.25, 0.3) is 0 Å². The van der Waals surface area contributed by atoms with E-state index in [1.165, 1.54) is 35.7 Å². The lowest BCUT2D eigenvalue weighted by molar-refractivity contribution is -0.0549. The molecule has 0 unspecified atom stereocenters. The van der Waals surface area contributed by atoms with Crippen molar-refractivity contribution in [3.8, 4) is 17.0 Å². The fourth-order valence-electron chi connectivity index (χ4n) is 5.44. The second-order valence-corrected chi connectivity index (χ2v) is 12.6. The van der Waals surface area contributed by atoms with Gasteiger partial charge in [0, 0.05) is 21.6 Å². The van der Waals surface area contributed by atoms with E-state index in [9.17, 15) is 14.3 Å². The van der Waals surface area contributed by atoms with Crippen LogP contribution in [0, 0.1) is 5.82 Å². The molecule has 1 heterocycles. The topological polar surface area (TPSA) is 68.7 Å². The van der Waals surface area contributed by atoms with Crippen LogP contribution < -0.4 is 4.74 Å². The van der Waals surface area contributed by atoms with Gasteiger partial charge in [-0.15, -0.1) is 0 Å². The Kier molecular flexibility index (Phi) is 7.76. The van der Waals surface area contributed by atoms with Crippen LogP contribution >= 0.6 is 46.3 Å². The van der Waals surface area contributed by atoms with Crippen LogP contribution in [0.3, 0.4) is 0 Å². The molecule has 4 aromatic rings. The van der Waals surface area contributed by atoms with Crippen LogP contribution in [0.25, 0.3) is 11.3 Å². The quantitative estimate of drug-likeness (QED) is 0.197. The summed E-state index contributed by atoms with van der Waals surface area (Å²) in [5, 5.41) is 12.8. The third kappa shape index (κ3) is 5.46. The van der Waals surface area contributed by atoms with Crippen molar-refractivity contribution in [3.05, 3.63) is 103 Å². The molecule has 1 aromatic heterocycles. The molecule has 0 atom stereocenters. The number of methoxy groups -OCH3 is 1. The summed E-state index contributed by atoms with van der Waals surface area (Å²) in [4.78, 5) is 13.1. The molecule has 0 bridgehead atoms. The normalized spacial score (nSPS) is 20.0. The van der Waals surface area contributed by atoms with E-state index >= 15 is 0 Å². The number of benzene rings is 3. The van der Waals surface area contributed by atoms with Gasteiger partial charge in [-0.25, -0.2) is 9.18 Å². The standard InChI is InChI=1S/C31H25Cl3FNO4S/c1-39-30(37)20-11-17(7-10-26(20)35)18-13-31(38,14-18)22-9-8-19(12-25(22)34)40-15-21-28(36-41-29(21)16-5-6-16)27-23(32)3-2-4-24(27)33/h2-4,7-12,16,18,38H,5-6,13-15H2,1H3. The van der Waals surface area contributed by atoms with E-state index in [4.69, 9.17) is 43.9 Å². The number of hydrogen-bond donors (Lipinski definition) is 1. The zero-order chi connectivity index (χ0) is 28.9. The van der Waals surface area contributed by atoms with Gasteiger partial charge in [-0.3, -0.25) is 0 Å². The highest BCUT2D eigenvalue weighted by Gasteiger charge is 2.46. The SMILES string of the molecule is COC(=O)c1cc(C2CC(O)(c3ccc(OCc4c(-c5c(Cl)cccc5Cl)nsc4C4CC4)cc3Cl)C2)ccc1F. The molecule has 2 aliphatic carbocycles. The van der Waals surface area contributed by atoms with Crippen LogP contribution in [-0.4, -0.2) is 22.6 Å². The van der Waals surface area contributed by atoms with E-state index in [0.29, 0.717) is 50.7 Å². The van der Waals surface area contributed by atoms with Crippen LogP contribution in [0.15, 0.2) is 54.6 Å². The monoisotopic (exact) mass is 631 g/mol. The van der Waals surface area contributed by atoms with Crippen molar-refractivity contribution in [1.82, 2.24) is 4.37 Å². The second kappa shape index (κ2) is 11.2. The molecule has 0 spiro atoms. The maximum Gasteiger partial charge on any atom is 0.340 e. The van der Waals surface area contributed by atoms with Crippen molar-refractivity contribution in [1.29, 1.82) is 0 Å². The minimum atomic E-state index is -1.15. The number of nitrogens with zero attached hydrogens (tertiary/aromatic N) is 1. The molecule has 1 N–H and O–H groups in total. The summed E-state index contributed by atoms with van der Waals surface area (Å²) in [6.45, 7) is 0.272. The summed E-state index contributed by atoms with van der Waals surface area (Å²) in [6.07, 6.45) is 3.00. The molecule has 5 nitrogen and oxygen atoms in total. The van der Waals surface area contributed by atoms with Gasteiger partial charge in [0.2, 0.25) is 0 Å². The van der Waals surface area contributed by atoms with Crippen LogP contribution in [0.5, 0.6) is 5.75 Å². The first-order valence-electron chi connectivity index (χ1n) is 13.1. The fraction of sp³-hybridized carbons (Fsp3) is 0.290. The Morgan fingerprint density at radius 1 is 1.05 bits per heavy atom. The van der Waals surface area contributed by atoms with Gasteiger partial charge in [-0.2, -0.15) is 4.37 Å². The lowest BCUT2D eigenvalue weighted by Gasteiger charge is -2.45. The number of hydrogen-bond acceptors (Lipinski definition) is 6. The van der Waals surface area contributed by atoms with Crippen molar-refractivity contribution < 1.29 is 23.8 Å². The summed E-state index contributed by atoms with van der Waals surface area (Å²) in [5.74, 6) is -0.403. The second-order valence-electron chi connectivity index (χ2n) is 10.5. The van der Waals surface area contributed by atoms with Crippen LogP contribution in [0.2, 0.25) is 15.1 Å². The van der Waals surface area contributed by atoms with E-state index < -0.39 is 17.4 Å². The van der Waals surface area contributed by atoms with Gasteiger partial charge in [0.15, 0.2) is 0 Å². The number of carbonyl (C=O) groups excluding carboxylic acids is 1. The fourth-order valence-corrected chi connectivity index (χ4v) is 7.41. The number of aromatic nitrogens is 1. The zero-order valence-electron chi connectivity index (χ0n) is 21.9. The first-order chi connectivity index (χ1) is 19.7. The Bertz CT molecular complexity index is 1630. The summed E-state index contributed by atoms with van der Waals surface area (Å²) < 4.78 is 29.6. The van der Waals surface area contributed by atoms with E-state index in [2.05, 4.69) is 4.74 Å². The number of carbonyl (C=O) groups is 1. The van der Waals surface area contributed by atoms with Crippen molar-refractivity contribution in [2.24, 2.45) is 0 Å². The number of halogens is 4. The van der Waals surface area contributed by atoms with Crippen LogP contribution in [0.1, 0.15) is 69.4 Å². The minimum Gasteiger partial charge on any atom is -0.489 e. The third-order valence-corrected chi connectivity index (χ3v) is 9.82. The van der Waals surface area contributed by atoms with Crippen LogP contribution in [0.4, 0.5) is 4.39 Å². The van der Waals surface area contributed by atoms with E-state index in [-0.39, 0.29) is 18.1 Å². The first kappa shape index (κ1) is 28.4.